The lowest BCUT2D eigenvalue weighted by Gasteiger charge is -2.34. The Bertz CT molecular complexity index is 605. The Hall–Kier alpha value is -1.38. The third-order valence-electron chi connectivity index (χ3n) is 3.87. The maximum atomic E-state index is 11.4. The van der Waals surface area contributed by atoms with Crippen LogP contribution in [0.5, 0.6) is 0 Å². The number of allylic oxidation sites excluding steroid dienone is 1. The van der Waals surface area contributed by atoms with Gasteiger partial charge in [-0.3, -0.25) is 10.1 Å². The summed E-state index contributed by atoms with van der Waals surface area (Å²) >= 11 is 7.19. The minimum Gasteiger partial charge on any atom is -0.374 e. The third-order valence-corrected chi connectivity index (χ3v) is 4.97. The van der Waals surface area contributed by atoms with Crippen LogP contribution in [-0.4, -0.2) is 44.1 Å². The predicted octanol–water partition coefficient (Wildman–Crippen LogP) is 1.72. The maximum Gasteiger partial charge on any atom is 0.289 e. The highest BCUT2D eigenvalue weighted by molar-refractivity contribution is 7.15. The van der Waals surface area contributed by atoms with Gasteiger partial charge in [0, 0.05) is 30.6 Å². The molecule has 3 heterocycles. The maximum absolute atomic E-state index is 11.4. The number of aliphatic hydroxyl groups is 1. The van der Waals surface area contributed by atoms with E-state index in [1.54, 1.807) is 18.0 Å². The second-order valence-electron chi connectivity index (χ2n) is 5.28. The first kappa shape index (κ1) is 14.6. The van der Waals surface area contributed by atoms with Crippen LogP contribution in [0.3, 0.4) is 0 Å². The van der Waals surface area contributed by atoms with Crippen LogP contribution >= 0.6 is 22.9 Å². The summed E-state index contributed by atoms with van der Waals surface area (Å²) in [4.78, 5) is 19.7. The number of aliphatic hydroxyl groups excluding tert-OH is 1. The molecule has 2 unspecified atom stereocenters. The quantitative estimate of drug-likeness (QED) is 0.671. The smallest absolute Gasteiger partial charge is 0.289 e. The van der Waals surface area contributed by atoms with Gasteiger partial charge in [0.2, 0.25) is 0 Å². The molecule has 7 nitrogen and oxygen atoms in total. The minimum absolute atomic E-state index is 0.188. The van der Waals surface area contributed by atoms with Gasteiger partial charge >= 0.3 is 0 Å². The van der Waals surface area contributed by atoms with Crippen molar-refractivity contribution in [1.29, 1.82) is 0 Å². The van der Waals surface area contributed by atoms with Gasteiger partial charge in [0.1, 0.15) is 6.23 Å². The molecule has 2 aliphatic heterocycles. The molecule has 1 aromatic rings. The van der Waals surface area contributed by atoms with Crippen molar-refractivity contribution in [3.63, 3.8) is 0 Å². The topological polar surface area (TPSA) is 82.7 Å². The summed E-state index contributed by atoms with van der Waals surface area (Å²) in [6, 6.07) is 0. The molecular formula is C12H15ClN4O3S. The second kappa shape index (κ2) is 5.43. The van der Waals surface area contributed by atoms with Crippen molar-refractivity contribution in [3.8, 4) is 0 Å². The molecule has 0 bridgehead atoms. The molecule has 1 N–H and O–H groups in total. The van der Waals surface area contributed by atoms with E-state index < -0.39 is 6.23 Å². The number of thiazole rings is 1. The first-order valence-corrected chi connectivity index (χ1v) is 7.85. The highest BCUT2D eigenvalue weighted by Crippen LogP contribution is 2.37. The second-order valence-corrected chi connectivity index (χ2v) is 6.98. The van der Waals surface area contributed by atoms with Crippen LogP contribution in [0.15, 0.2) is 17.7 Å². The Labute approximate surface area is 130 Å². The van der Waals surface area contributed by atoms with Gasteiger partial charge < -0.3 is 14.9 Å². The van der Waals surface area contributed by atoms with E-state index in [4.69, 9.17) is 11.6 Å². The molecule has 2 aliphatic rings. The Morgan fingerprint density at radius 2 is 2.38 bits per heavy atom. The Balaban J connectivity index is 1.95. The summed E-state index contributed by atoms with van der Waals surface area (Å²) in [6.07, 6.45) is 1.42. The molecule has 2 atom stereocenters. The number of rotatable bonds is 3. The zero-order chi connectivity index (χ0) is 15.1. The standard InChI is InChI=1S/C12H15ClN4O3S/c1-7-4-9(18)16-3-2-15(11(16)10(7)17(19)20)6-8-5-14-12(13)21-8/h5,7,9,18H,2-4,6H2,1H3. The molecular weight excluding hydrogens is 316 g/mol. The zero-order valence-electron chi connectivity index (χ0n) is 11.4. The van der Waals surface area contributed by atoms with Crippen molar-refractivity contribution < 1.29 is 10.0 Å². The van der Waals surface area contributed by atoms with E-state index in [-0.39, 0.29) is 16.5 Å². The lowest BCUT2D eigenvalue weighted by atomic mass is 9.98. The van der Waals surface area contributed by atoms with E-state index in [0.717, 1.165) is 4.88 Å². The molecule has 0 radical (unpaired) electrons. The van der Waals surface area contributed by atoms with Gasteiger partial charge in [0.15, 0.2) is 10.3 Å². The number of nitro groups is 1. The minimum atomic E-state index is -0.659. The lowest BCUT2D eigenvalue weighted by molar-refractivity contribution is -0.439. The molecule has 114 valence electrons. The molecule has 9 heteroatoms. The number of hydrogen-bond acceptors (Lipinski definition) is 7. The molecule has 1 aromatic heterocycles. The van der Waals surface area contributed by atoms with Crippen LogP contribution in [-0.2, 0) is 6.54 Å². The van der Waals surface area contributed by atoms with Crippen LogP contribution in [0, 0.1) is 16.0 Å². The van der Waals surface area contributed by atoms with Crippen LogP contribution in [0.2, 0.25) is 4.47 Å². The van der Waals surface area contributed by atoms with Crippen molar-refractivity contribution in [2.24, 2.45) is 5.92 Å². The van der Waals surface area contributed by atoms with E-state index in [1.807, 2.05) is 4.90 Å². The first-order chi connectivity index (χ1) is 9.97. The van der Waals surface area contributed by atoms with Gasteiger partial charge in [0.25, 0.3) is 5.70 Å². The monoisotopic (exact) mass is 330 g/mol. The van der Waals surface area contributed by atoms with Gasteiger partial charge in [0.05, 0.1) is 17.4 Å². The normalized spacial score (nSPS) is 25.5. The fraction of sp³-hybridized carbons (Fsp3) is 0.583. The summed E-state index contributed by atoms with van der Waals surface area (Å²) in [7, 11) is 0. The Kier molecular flexibility index (Phi) is 3.76. The number of nitrogens with zero attached hydrogens (tertiary/aromatic N) is 4. The number of fused-ring (bicyclic) bond motifs is 1. The fourth-order valence-corrected chi connectivity index (χ4v) is 3.95. The summed E-state index contributed by atoms with van der Waals surface area (Å²) < 4.78 is 0.460. The zero-order valence-corrected chi connectivity index (χ0v) is 13.0. The summed E-state index contributed by atoms with van der Waals surface area (Å²) in [5.74, 6) is 0.266. The molecule has 21 heavy (non-hydrogen) atoms. The molecule has 0 spiro atoms. The molecule has 3 rings (SSSR count). The SMILES string of the molecule is CC1CC(O)N2CCN(Cc3cnc(Cl)s3)C2=C1[N+](=O)[O-]. The van der Waals surface area contributed by atoms with Crippen molar-refractivity contribution in [1.82, 2.24) is 14.8 Å². The van der Waals surface area contributed by atoms with E-state index in [2.05, 4.69) is 4.98 Å². The summed E-state index contributed by atoms with van der Waals surface area (Å²) in [6.45, 7) is 3.54. The number of hydrogen-bond donors (Lipinski definition) is 1. The fourth-order valence-electron chi connectivity index (χ4n) is 2.96. The van der Waals surface area contributed by atoms with E-state index in [1.165, 1.54) is 11.3 Å². The van der Waals surface area contributed by atoms with Crippen LogP contribution < -0.4 is 0 Å². The van der Waals surface area contributed by atoms with Gasteiger partial charge in [-0.05, 0) is 0 Å². The predicted molar refractivity (Wildman–Crippen MR) is 78.0 cm³/mol. The average Bonchev–Trinajstić information content (AvgIpc) is 2.97. The molecule has 1 saturated heterocycles. The van der Waals surface area contributed by atoms with E-state index in [9.17, 15) is 15.2 Å². The average molecular weight is 331 g/mol. The molecule has 0 aromatic carbocycles. The highest BCUT2D eigenvalue weighted by Gasteiger charge is 2.44. The van der Waals surface area contributed by atoms with E-state index >= 15 is 0 Å². The van der Waals surface area contributed by atoms with Gasteiger partial charge in [-0.1, -0.05) is 18.5 Å². The summed E-state index contributed by atoms with van der Waals surface area (Å²) in [5.41, 5.74) is 0.188. The number of halogens is 1. The van der Waals surface area contributed by atoms with Crippen LogP contribution in [0.1, 0.15) is 18.2 Å². The number of aromatic nitrogens is 1. The van der Waals surface area contributed by atoms with Crippen molar-refractivity contribution in [3.05, 3.63) is 37.2 Å². The summed E-state index contributed by atoms with van der Waals surface area (Å²) in [5, 5.41) is 21.5. The van der Waals surface area contributed by atoms with Crippen LogP contribution in [0.25, 0.3) is 0 Å². The third kappa shape index (κ3) is 2.58. The lowest BCUT2D eigenvalue weighted by Crippen LogP contribution is -2.41. The molecule has 0 saturated carbocycles. The largest absolute Gasteiger partial charge is 0.374 e. The molecule has 0 aliphatic carbocycles. The Morgan fingerprint density at radius 1 is 1.62 bits per heavy atom. The van der Waals surface area contributed by atoms with Gasteiger partial charge in [-0.2, -0.15) is 0 Å². The molecule has 1 fully saturated rings. The first-order valence-electron chi connectivity index (χ1n) is 6.65. The molecule has 0 amide bonds. The van der Waals surface area contributed by atoms with Crippen molar-refractivity contribution >= 4 is 22.9 Å². The highest BCUT2D eigenvalue weighted by atomic mass is 35.5. The van der Waals surface area contributed by atoms with E-state index in [0.29, 0.717) is 36.3 Å². The Morgan fingerprint density at radius 3 is 3.00 bits per heavy atom. The van der Waals surface area contributed by atoms with Crippen LogP contribution in [0.4, 0.5) is 0 Å². The van der Waals surface area contributed by atoms with Gasteiger partial charge in [-0.25, -0.2) is 4.98 Å². The van der Waals surface area contributed by atoms with Gasteiger partial charge in [-0.15, -0.1) is 11.3 Å². The van der Waals surface area contributed by atoms with Crippen molar-refractivity contribution in [2.75, 3.05) is 13.1 Å². The van der Waals surface area contributed by atoms with Crippen molar-refractivity contribution in [2.45, 2.75) is 26.1 Å².